The van der Waals surface area contributed by atoms with Gasteiger partial charge in [0.25, 0.3) is 0 Å². The van der Waals surface area contributed by atoms with E-state index in [-0.39, 0.29) is 21.7 Å². The highest BCUT2D eigenvalue weighted by atomic mass is 32.2. The Balaban J connectivity index is 0.000000270. The quantitative estimate of drug-likeness (QED) is 0.171. The summed E-state index contributed by atoms with van der Waals surface area (Å²) in [7, 11) is 0. The Morgan fingerprint density at radius 1 is 0.420 bits per heavy atom. The fourth-order valence-electron chi connectivity index (χ4n) is 6.21. The Hall–Kier alpha value is -3.57. The maximum atomic E-state index is 10.8. The smallest absolute Gasteiger partial charge is 0.122 e. The summed E-state index contributed by atoms with van der Waals surface area (Å²) in [6.45, 7) is 33.4. The molecule has 0 bridgehead atoms. The van der Waals surface area contributed by atoms with Crippen molar-refractivity contribution in [1.82, 2.24) is 0 Å². The van der Waals surface area contributed by atoms with Crippen molar-refractivity contribution in [2.45, 2.75) is 149 Å². The highest BCUT2D eigenvalue weighted by molar-refractivity contribution is 7.99. The summed E-state index contributed by atoms with van der Waals surface area (Å²) in [6, 6.07) is 16.0. The van der Waals surface area contributed by atoms with E-state index in [2.05, 4.69) is 121 Å². The van der Waals surface area contributed by atoms with Crippen LogP contribution in [-0.2, 0) is 28.1 Å². The summed E-state index contributed by atoms with van der Waals surface area (Å²) in [5.41, 5.74) is 9.41. The van der Waals surface area contributed by atoms with Crippen molar-refractivity contribution >= 4 is 11.8 Å². The molecule has 272 valence electrons. The van der Waals surface area contributed by atoms with Gasteiger partial charge in [0.05, 0.1) is 0 Å². The van der Waals surface area contributed by atoms with Crippen LogP contribution in [0.25, 0.3) is 0 Å². The van der Waals surface area contributed by atoms with Gasteiger partial charge in [-0.05, 0) is 107 Å². The zero-order valence-electron chi connectivity index (χ0n) is 33.5. The highest BCUT2D eigenvalue weighted by Gasteiger charge is 2.25. The van der Waals surface area contributed by atoms with Gasteiger partial charge in [0.15, 0.2) is 0 Å². The van der Waals surface area contributed by atoms with E-state index in [0.717, 1.165) is 65.4 Å². The lowest BCUT2D eigenvalue weighted by molar-refractivity contribution is 0.435. The van der Waals surface area contributed by atoms with Gasteiger partial charge in [-0.1, -0.05) is 130 Å². The molecule has 50 heavy (non-hydrogen) atoms. The first-order valence-corrected chi connectivity index (χ1v) is 18.4. The summed E-state index contributed by atoms with van der Waals surface area (Å²) in [5, 5.41) is 42.3. The summed E-state index contributed by atoms with van der Waals surface area (Å²) in [5.74, 6) is 1.40. The lowest BCUT2D eigenvalue weighted by Crippen LogP contribution is -2.14. The van der Waals surface area contributed by atoms with Gasteiger partial charge in [-0.3, -0.25) is 0 Å². The fourth-order valence-corrected chi connectivity index (χ4v) is 7.24. The average Bonchev–Trinajstić information content (AvgIpc) is 2.92. The van der Waals surface area contributed by atoms with Crippen LogP contribution >= 0.6 is 11.8 Å². The van der Waals surface area contributed by atoms with Crippen LogP contribution in [-0.4, -0.2) is 20.4 Å². The second-order valence-electron chi connectivity index (χ2n) is 18.2. The van der Waals surface area contributed by atoms with Crippen molar-refractivity contribution in [2.24, 2.45) is 0 Å². The van der Waals surface area contributed by atoms with Crippen LogP contribution < -0.4 is 0 Å². The Bertz CT molecular complexity index is 1720. The van der Waals surface area contributed by atoms with Gasteiger partial charge in [0, 0.05) is 27.3 Å². The molecule has 4 N–H and O–H groups in total. The molecular formula is C45H62O4S. The van der Waals surface area contributed by atoms with Gasteiger partial charge in [-0.25, -0.2) is 0 Å². The summed E-state index contributed by atoms with van der Waals surface area (Å²) < 4.78 is 0. The first kappa shape index (κ1) is 40.9. The molecule has 0 atom stereocenters. The van der Waals surface area contributed by atoms with Crippen molar-refractivity contribution < 1.29 is 20.4 Å². The molecule has 0 aliphatic carbocycles. The molecule has 4 aromatic carbocycles. The molecule has 0 saturated heterocycles. The SMILES string of the molecule is Cc1cc(Cc2cc(C)cc(C(C)(C)C)c2O)c(O)c(C(C)(C)C)c1.Cc1cc(O)c(C(C)(C)C)cc1Sc1cc(C(C)(C)C)c(O)cc1C. The average molecular weight is 699 g/mol. The van der Waals surface area contributed by atoms with Crippen LogP contribution in [0.4, 0.5) is 0 Å². The first-order chi connectivity index (χ1) is 22.6. The fraction of sp³-hybridized carbons (Fsp3) is 0.467. The number of phenolic OH excluding ortho intramolecular Hbond substituents is 4. The number of rotatable bonds is 4. The van der Waals surface area contributed by atoms with Crippen molar-refractivity contribution in [2.75, 3.05) is 0 Å². The third kappa shape index (κ3) is 9.81. The molecule has 0 aromatic heterocycles. The summed E-state index contributed by atoms with van der Waals surface area (Å²) in [6.07, 6.45) is 0.521. The van der Waals surface area contributed by atoms with Gasteiger partial charge >= 0.3 is 0 Å². The van der Waals surface area contributed by atoms with E-state index in [1.54, 1.807) is 11.8 Å². The number of phenols is 4. The van der Waals surface area contributed by atoms with Gasteiger partial charge in [-0.2, -0.15) is 0 Å². The molecule has 0 unspecified atom stereocenters. The Labute approximate surface area is 307 Å². The minimum absolute atomic E-state index is 0.117. The third-order valence-electron chi connectivity index (χ3n) is 9.09. The number of aromatic hydroxyl groups is 4. The zero-order chi connectivity index (χ0) is 38.3. The van der Waals surface area contributed by atoms with Crippen LogP contribution in [0.5, 0.6) is 23.0 Å². The monoisotopic (exact) mass is 698 g/mol. The molecule has 0 radical (unpaired) electrons. The van der Waals surface area contributed by atoms with E-state index < -0.39 is 0 Å². The van der Waals surface area contributed by atoms with Crippen molar-refractivity contribution in [3.63, 3.8) is 0 Å². The van der Waals surface area contributed by atoms with Crippen LogP contribution in [0.15, 0.2) is 58.3 Å². The summed E-state index contributed by atoms with van der Waals surface area (Å²) >= 11 is 1.70. The number of hydrogen-bond donors (Lipinski definition) is 4. The maximum Gasteiger partial charge on any atom is 0.122 e. The second kappa shape index (κ2) is 14.6. The van der Waals surface area contributed by atoms with E-state index >= 15 is 0 Å². The number of hydrogen-bond acceptors (Lipinski definition) is 5. The molecule has 4 rings (SSSR count). The Kier molecular flexibility index (Phi) is 11.9. The molecule has 5 heteroatoms. The lowest BCUT2D eigenvalue weighted by atomic mass is 9.81. The molecule has 0 aliphatic rings. The molecule has 0 aliphatic heterocycles. The maximum absolute atomic E-state index is 10.8. The first-order valence-electron chi connectivity index (χ1n) is 17.6. The molecule has 0 amide bonds. The topological polar surface area (TPSA) is 80.9 Å². The minimum atomic E-state index is -0.129. The number of aryl methyl sites for hydroxylation is 4. The van der Waals surface area contributed by atoms with E-state index in [1.165, 1.54) is 0 Å². The predicted octanol–water partition coefficient (Wildman–Crippen LogP) is 12.4. The third-order valence-corrected chi connectivity index (χ3v) is 10.4. The minimum Gasteiger partial charge on any atom is -0.508 e. The van der Waals surface area contributed by atoms with Gasteiger partial charge in [0.2, 0.25) is 0 Å². The normalized spacial score (nSPS) is 12.5. The van der Waals surface area contributed by atoms with Gasteiger partial charge < -0.3 is 20.4 Å². The van der Waals surface area contributed by atoms with Gasteiger partial charge in [-0.15, -0.1) is 0 Å². The van der Waals surface area contributed by atoms with E-state index in [1.807, 2.05) is 38.1 Å². The molecular weight excluding hydrogens is 637 g/mol. The molecule has 0 saturated carbocycles. The largest absolute Gasteiger partial charge is 0.508 e. The predicted molar refractivity (Wildman–Crippen MR) is 213 cm³/mol. The summed E-state index contributed by atoms with van der Waals surface area (Å²) in [4.78, 5) is 2.27. The standard InChI is InChI=1S/C23H32O2.C22H30O2S/c1-14-9-16(20(24)18(11-14)22(3,4)5)13-17-10-15(2)12-19(21(17)25)23(6,7)8;1-13-9-17(23)15(21(3,4)5)11-19(13)25-20-12-16(22(6,7)8)18(24)10-14(20)2/h9-12,24-25H,13H2,1-8H3;9-12,23-24H,1-8H3. The molecule has 4 nitrogen and oxygen atoms in total. The highest BCUT2D eigenvalue weighted by Crippen LogP contribution is 2.43. The van der Waals surface area contributed by atoms with E-state index in [4.69, 9.17) is 0 Å². The number of benzene rings is 4. The molecule has 0 heterocycles. The van der Waals surface area contributed by atoms with Crippen molar-refractivity contribution in [3.8, 4) is 23.0 Å². The Morgan fingerprint density at radius 3 is 1.00 bits per heavy atom. The van der Waals surface area contributed by atoms with Crippen molar-refractivity contribution in [3.05, 3.63) is 104 Å². The van der Waals surface area contributed by atoms with Crippen molar-refractivity contribution in [1.29, 1.82) is 0 Å². The zero-order valence-corrected chi connectivity index (χ0v) is 34.3. The lowest BCUT2D eigenvalue weighted by Gasteiger charge is -2.25. The van der Waals surface area contributed by atoms with Crippen LogP contribution in [0, 0.1) is 27.7 Å². The second-order valence-corrected chi connectivity index (χ2v) is 19.3. The van der Waals surface area contributed by atoms with Gasteiger partial charge in [0.1, 0.15) is 23.0 Å². The molecule has 4 aromatic rings. The van der Waals surface area contributed by atoms with Crippen LogP contribution in [0.3, 0.4) is 0 Å². The van der Waals surface area contributed by atoms with E-state index in [9.17, 15) is 20.4 Å². The van der Waals surface area contributed by atoms with Crippen LogP contribution in [0.2, 0.25) is 0 Å². The van der Waals surface area contributed by atoms with Crippen LogP contribution in [0.1, 0.15) is 139 Å². The molecule has 0 fully saturated rings. The van der Waals surface area contributed by atoms with E-state index in [0.29, 0.717) is 29.4 Å². The Morgan fingerprint density at radius 2 is 0.720 bits per heavy atom. The molecule has 0 spiro atoms.